The first-order valence-electron chi connectivity index (χ1n) is 6.50. The van der Waals surface area contributed by atoms with E-state index in [2.05, 4.69) is 12.1 Å². The van der Waals surface area contributed by atoms with Crippen LogP contribution in [0, 0.1) is 11.8 Å². The van der Waals surface area contributed by atoms with Crippen molar-refractivity contribution < 1.29 is 14.7 Å². The van der Waals surface area contributed by atoms with Gasteiger partial charge in [0.1, 0.15) is 0 Å². The Balaban J connectivity index is 2.53. The Bertz CT molecular complexity index is 276. The number of hydrogen-bond acceptors (Lipinski definition) is 4. The van der Waals surface area contributed by atoms with E-state index in [0.29, 0.717) is 12.3 Å². The van der Waals surface area contributed by atoms with E-state index in [1.54, 1.807) is 0 Å². The number of ether oxygens (including phenoxy) is 1. The summed E-state index contributed by atoms with van der Waals surface area (Å²) in [6, 6.07) is 0. The molecule has 0 saturated heterocycles. The second-order valence-corrected chi connectivity index (χ2v) is 4.77. The second kappa shape index (κ2) is 7.30. The largest absolute Gasteiger partial charge is 0.469 e. The minimum atomic E-state index is -0.158. The maximum absolute atomic E-state index is 11.3. The van der Waals surface area contributed by atoms with Gasteiger partial charge < -0.3 is 9.94 Å². The van der Waals surface area contributed by atoms with Crippen LogP contribution in [0.3, 0.4) is 0 Å². The maximum Gasteiger partial charge on any atom is 0.305 e. The predicted octanol–water partition coefficient (Wildman–Crippen LogP) is 2.99. The average Bonchev–Trinajstić information content (AvgIpc) is 2.72. The molecule has 0 heterocycles. The zero-order valence-electron chi connectivity index (χ0n) is 10.8. The molecule has 1 fully saturated rings. The summed E-state index contributed by atoms with van der Waals surface area (Å²) in [7, 11) is 1.42. The van der Waals surface area contributed by atoms with Crippen LogP contribution >= 0.6 is 0 Å². The van der Waals surface area contributed by atoms with Crippen molar-refractivity contribution in [1.82, 2.24) is 0 Å². The Kier molecular flexibility index (Phi) is 6.01. The summed E-state index contributed by atoms with van der Waals surface area (Å²) in [6.45, 7) is 2.17. The van der Waals surface area contributed by atoms with Crippen molar-refractivity contribution in [2.45, 2.75) is 51.9 Å². The number of rotatable bonds is 6. The Morgan fingerprint density at radius 1 is 1.53 bits per heavy atom. The number of hydrogen-bond donors (Lipinski definition) is 1. The van der Waals surface area contributed by atoms with Crippen molar-refractivity contribution >= 4 is 11.7 Å². The van der Waals surface area contributed by atoms with Gasteiger partial charge in [-0.15, -0.1) is 0 Å². The highest BCUT2D eigenvalue weighted by Crippen LogP contribution is 2.35. The summed E-state index contributed by atoms with van der Waals surface area (Å²) < 4.78 is 4.71. The summed E-state index contributed by atoms with van der Waals surface area (Å²) in [4.78, 5) is 11.3. The number of carbonyl (C=O) groups is 1. The lowest BCUT2D eigenvalue weighted by atomic mass is 9.87. The van der Waals surface area contributed by atoms with Gasteiger partial charge in [-0.3, -0.25) is 4.79 Å². The van der Waals surface area contributed by atoms with Gasteiger partial charge in [-0.25, -0.2) is 0 Å². The second-order valence-electron chi connectivity index (χ2n) is 4.77. The zero-order valence-corrected chi connectivity index (χ0v) is 10.8. The van der Waals surface area contributed by atoms with E-state index in [0.717, 1.165) is 31.4 Å². The Hall–Kier alpha value is -1.06. The molecule has 0 aromatic heterocycles. The van der Waals surface area contributed by atoms with Crippen molar-refractivity contribution in [3.05, 3.63) is 0 Å². The molecule has 4 nitrogen and oxygen atoms in total. The molecule has 0 amide bonds. The van der Waals surface area contributed by atoms with Crippen LogP contribution in [0.15, 0.2) is 5.16 Å². The predicted molar refractivity (Wildman–Crippen MR) is 66.2 cm³/mol. The maximum atomic E-state index is 11.3. The van der Waals surface area contributed by atoms with Crippen LogP contribution in [0.2, 0.25) is 0 Å². The zero-order chi connectivity index (χ0) is 12.7. The first-order chi connectivity index (χ1) is 8.22. The average molecular weight is 241 g/mol. The third-order valence-corrected chi connectivity index (χ3v) is 3.67. The fraction of sp³-hybridized carbons (Fsp3) is 0.846. The number of oxime groups is 1. The lowest BCUT2D eigenvalue weighted by molar-refractivity contribution is -0.141. The van der Waals surface area contributed by atoms with E-state index < -0.39 is 0 Å². The number of unbranched alkanes of at least 4 members (excludes halogenated alkanes) is 2. The molecule has 0 spiro atoms. The Morgan fingerprint density at radius 3 is 2.88 bits per heavy atom. The first-order valence-corrected chi connectivity index (χ1v) is 6.50. The fourth-order valence-corrected chi connectivity index (χ4v) is 2.67. The number of esters is 1. The van der Waals surface area contributed by atoms with Gasteiger partial charge in [-0.05, 0) is 25.2 Å². The van der Waals surface area contributed by atoms with Gasteiger partial charge in [0.2, 0.25) is 0 Å². The molecular weight excluding hydrogens is 218 g/mol. The molecule has 1 saturated carbocycles. The van der Waals surface area contributed by atoms with Crippen LogP contribution in [0.25, 0.3) is 0 Å². The number of nitrogens with zero attached hydrogens (tertiary/aromatic N) is 1. The van der Waals surface area contributed by atoms with Crippen molar-refractivity contribution in [3.8, 4) is 0 Å². The fourth-order valence-electron chi connectivity index (χ4n) is 2.67. The number of carbonyl (C=O) groups excluding carboxylic acids is 1. The van der Waals surface area contributed by atoms with Gasteiger partial charge in [-0.2, -0.15) is 0 Å². The molecule has 0 aromatic carbocycles. The molecule has 0 aliphatic heterocycles. The van der Waals surface area contributed by atoms with Gasteiger partial charge in [0.05, 0.1) is 12.8 Å². The van der Waals surface area contributed by atoms with E-state index in [4.69, 9.17) is 9.94 Å². The molecule has 0 bridgehead atoms. The summed E-state index contributed by atoms with van der Waals surface area (Å²) >= 11 is 0. The smallest absolute Gasteiger partial charge is 0.305 e. The van der Waals surface area contributed by atoms with Crippen LogP contribution in [0.5, 0.6) is 0 Å². The lowest BCUT2D eigenvalue weighted by Gasteiger charge is -2.18. The molecule has 1 aliphatic carbocycles. The van der Waals surface area contributed by atoms with Crippen LogP contribution < -0.4 is 0 Å². The van der Waals surface area contributed by atoms with Gasteiger partial charge in [0.25, 0.3) is 0 Å². The topological polar surface area (TPSA) is 58.9 Å². The highest BCUT2D eigenvalue weighted by molar-refractivity contribution is 5.89. The highest BCUT2D eigenvalue weighted by atomic mass is 16.5. The van der Waals surface area contributed by atoms with Crippen LogP contribution in [0.4, 0.5) is 0 Å². The van der Waals surface area contributed by atoms with E-state index in [1.165, 1.54) is 20.0 Å². The molecule has 1 aliphatic rings. The van der Waals surface area contributed by atoms with Gasteiger partial charge in [0, 0.05) is 12.3 Å². The minimum Gasteiger partial charge on any atom is -0.469 e. The molecule has 17 heavy (non-hydrogen) atoms. The van der Waals surface area contributed by atoms with E-state index in [1.807, 2.05) is 0 Å². The van der Waals surface area contributed by atoms with Gasteiger partial charge in [0.15, 0.2) is 0 Å². The quantitative estimate of drug-likeness (QED) is 0.336. The summed E-state index contributed by atoms with van der Waals surface area (Å²) in [5.74, 6) is 0.408. The van der Waals surface area contributed by atoms with Crippen LogP contribution in [0.1, 0.15) is 51.9 Å². The van der Waals surface area contributed by atoms with Crippen molar-refractivity contribution in [1.29, 1.82) is 0 Å². The molecule has 0 unspecified atom stereocenters. The Morgan fingerprint density at radius 2 is 2.29 bits per heavy atom. The highest BCUT2D eigenvalue weighted by Gasteiger charge is 2.34. The molecule has 1 N–H and O–H groups in total. The standard InChI is InChI=1S/C13H23NO3/c1-3-4-5-6-11-10(9-13(15)17-2)7-8-12(11)14-16/h10-11,16H,3-9H2,1-2H3/b14-12+/t10-,11+/m0/s1. The molecular formula is C13H23NO3. The molecule has 4 heteroatoms. The summed E-state index contributed by atoms with van der Waals surface area (Å²) in [5.41, 5.74) is 0.870. The molecule has 0 aromatic rings. The van der Waals surface area contributed by atoms with Crippen molar-refractivity contribution in [2.24, 2.45) is 17.0 Å². The van der Waals surface area contributed by atoms with Crippen molar-refractivity contribution in [3.63, 3.8) is 0 Å². The Labute approximate surface area is 103 Å². The SMILES string of the molecule is CCCCC[C@H]1/C(=N/O)CC[C@H]1CC(=O)OC. The third kappa shape index (κ3) is 4.02. The minimum absolute atomic E-state index is 0.158. The summed E-state index contributed by atoms with van der Waals surface area (Å²) in [5, 5.41) is 12.4. The summed E-state index contributed by atoms with van der Waals surface area (Å²) in [6.07, 6.45) is 6.74. The van der Waals surface area contributed by atoms with Crippen LogP contribution in [-0.4, -0.2) is 24.0 Å². The van der Waals surface area contributed by atoms with E-state index in [9.17, 15) is 4.79 Å². The molecule has 98 valence electrons. The van der Waals surface area contributed by atoms with Gasteiger partial charge in [-0.1, -0.05) is 31.3 Å². The van der Waals surface area contributed by atoms with Crippen molar-refractivity contribution in [2.75, 3.05) is 7.11 Å². The molecule has 2 atom stereocenters. The lowest BCUT2D eigenvalue weighted by Crippen LogP contribution is -2.18. The van der Waals surface area contributed by atoms with Gasteiger partial charge >= 0.3 is 5.97 Å². The number of methoxy groups -OCH3 is 1. The molecule has 1 rings (SSSR count). The van der Waals surface area contributed by atoms with Crippen LogP contribution in [-0.2, 0) is 9.53 Å². The normalized spacial score (nSPS) is 26.4. The third-order valence-electron chi connectivity index (χ3n) is 3.67. The van der Waals surface area contributed by atoms with E-state index in [-0.39, 0.29) is 11.9 Å². The van der Waals surface area contributed by atoms with E-state index >= 15 is 0 Å². The first kappa shape index (κ1) is 14.0. The molecule has 0 radical (unpaired) electrons. The monoisotopic (exact) mass is 241 g/mol.